The van der Waals surface area contributed by atoms with Crippen molar-refractivity contribution in [3.63, 3.8) is 0 Å². The van der Waals surface area contributed by atoms with E-state index >= 15 is 0 Å². The molecule has 2 unspecified atom stereocenters. The molecular weight excluding hydrogens is 362 g/mol. The molecule has 0 spiro atoms. The molecule has 3 rings (SSSR count). The first-order valence-corrected chi connectivity index (χ1v) is 10.6. The van der Waals surface area contributed by atoms with Crippen LogP contribution in [-0.4, -0.2) is 17.4 Å². The van der Waals surface area contributed by atoms with Crippen molar-refractivity contribution in [3.8, 4) is 0 Å². The molecule has 0 bridgehead atoms. The average Bonchev–Trinajstić information content (AvgIpc) is 2.70. The first-order chi connectivity index (χ1) is 14.0. The Labute approximate surface area is 173 Å². The number of nitrogens with two attached hydrogens (primary N) is 1. The van der Waals surface area contributed by atoms with E-state index in [1.165, 1.54) is 5.56 Å². The largest absolute Gasteiger partial charge is 0.458 e. The van der Waals surface area contributed by atoms with Gasteiger partial charge in [-0.25, -0.2) is 0 Å². The molecule has 0 amide bonds. The molecule has 0 radical (unpaired) electrons. The molecule has 154 valence electrons. The van der Waals surface area contributed by atoms with Crippen LogP contribution in [0.15, 0.2) is 54.6 Å². The smallest absolute Gasteiger partial charge is 0.317 e. The third-order valence-corrected chi connectivity index (χ3v) is 6.01. The Hall–Kier alpha value is -2.62. The summed E-state index contributed by atoms with van der Waals surface area (Å²) in [6, 6.07) is 17.6. The van der Waals surface area contributed by atoms with Crippen molar-refractivity contribution in [1.29, 1.82) is 0 Å². The number of aryl methyl sites for hydroxylation is 1. The van der Waals surface area contributed by atoms with Crippen molar-refractivity contribution in [2.24, 2.45) is 5.92 Å². The van der Waals surface area contributed by atoms with Crippen molar-refractivity contribution in [2.75, 3.05) is 5.73 Å². The van der Waals surface area contributed by atoms with Crippen LogP contribution in [0.3, 0.4) is 0 Å². The molecule has 0 aliphatic carbocycles. The van der Waals surface area contributed by atoms with Gasteiger partial charge in [0.15, 0.2) is 5.78 Å². The molecule has 1 heterocycles. The minimum Gasteiger partial charge on any atom is -0.458 e. The van der Waals surface area contributed by atoms with E-state index < -0.39 is 11.5 Å². The van der Waals surface area contributed by atoms with Crippen LogP contribution in [0.2, 0.25) is 0 Å². The monoisotopic (exact) mass is 393 g/mol. The topological polar surface area (TPSA) is 69.4 Å². The van der Waals surface area contributed by atoms with Crippen LogP contribution < -0.4 is 5.73 Å². The van der Waals surface area contributed by atoms with Crippen molar-refractivity contribution < 1.29 is 14.3 Å². The molecule has 0 aromatic heterocycles. The van der Waals surface area contributed by atoms with Crippen molar-refractivity contribution in [3.05, 3.63) is 65.7 Å². The van der Waals surface area contributed by atoms with E-state index in [0.29, 0.717) is 31.4 Å². The Bertz CT molecular complexity index is 828. The van der Waals surface area contributed by atoms with Crippen molar-refractivity contribution in [1.82, 2.24) is 0 Å². The number of esters is 1. The molecule has 0 saturated carbocycles. The van der Waals surface area contributed by atoms with Crippen molar-refractivity contribution >= 4 is 17.4 Å². The number of hydrogen-bond donors (Lipinski definition) is 1. The number of ether oxygens (including phenoxy) is 1. The molecule has 2 aromatic carbocycles. The number of ketones is 1. The Morgan fingerprint density at radius 3 is 2.45 bits per heavy atom. The Kier molecular flexibility index (Phi) is 6.73. The average molecular weight is 394 g/mol. The number of hydrogen-bond acceptors (Lipinski definition) is 4. The lowest BCUT2D eigenvalue weighted by molar-refractivity contribution is -0.180. The highest BCUT2D eigenvalue weighted by molar-refractivity contribution is 6.02. The summed E-state index contributed by atoms with van der Waals surface area (Å²) < 4.78 is 6.06. The number of Topliss-reactive ketones (excluding diaryl/α,β-unsaturated/α-hetero) is 1. The van der Waals surface area contributed by atoms with Crippen LogP contribution in [0, 0.1) is 5.92 Å². The highest BCUT2D eigenvalue weighted by atomic mass is 16.6. The number of nitrogen functional groups attached to an aromatic ring is 1. The van der Waals surface area contributed by atoms with Gasteiger partial charge in [0, 0.05) is 18.0 Å². The predicted octanol–water partition coefficient (Wildman–Crippen LogP) is 5.07. The Balaban J connectivity index is 1.80. The molecule has 1 fully saturated rings. The molecule has 1 aliphatic rings. The molecule has 4 heteroatoms. The summed E-state index contributed by atoms with van der Waals surface area (Å²) in [6.45, 7) is 4.06. The molecule has 29 heavy (non-hydrogen) atoms. The van der Waals surface area contributed by atoms with E-state index in [1.54, 1.807) is 0 Å². The number of benzene rings is 2. The lowest BCUT2D eigenvalue weighted by Gasteiger charge is -2.40. The molecule has 1 aliphatic heterocycles. The van der Waals surface area contributed by atoms with Crippen LogP contribution in [0.25, 0.3) is 0 Å². The summed E-state index contributed by atoms with van der Waals surface area (Å²) in [4.78, 5) is 26.3. The number of cyclic esters (lactones) is 1. The summed E-state index contributed by atoms with van der Waals surface area (Å²) in [6.07, 6.45) is 4.01. The summed E-state index contributed by atoms with van der Waals surface area (Å²) in [7, 11) is 0. The fourth-order valence-electron chi connectivity index (χ4n) is 4.59. The zero-order valence-corrected chi connectivity index (χ0v) is 17.4. The van der Waals surface area contributed by atoms with Gasteiger partial charge in [-0.2, -0.15) is 0 Å². The lowest BCUT2D eigenvalue weighted by atomic mass is 9.74. The zero-order valence-electron chi connectivity index (χ0n) is 17.4. The van der Waals surface area contributed by atoms with E-state index in [9.17, 15) is 9.59 Å². The molecular formula is C25H31NO3. The van der Waals surface area contributed by atoms with Gasteiger partial charge < -0.3 is 10.5 Å². The first-order valence-electron chi connectivity index (χ1n) is 10.6. The van der Waals surface area contributed by atoms with Crippen LogP contribution in [-0.2, 0) is 20.7 Å². The maximum atomic E-state index is 13.2. The first kappa shape index (κ1) is 21.1. The second-order valence-electron chi connectivity index (χ2n) is 8.15. The molecule has 1 saturated heterocycles. The maximum absolute atomic E-state index is 13.2. The van der Waals surface area contributed by atoms with Crippen LogP contribution >= 0.6 is 0 Å². The highest BCUT2D eigenvalue weighted by Crippen LogP contribution is 2.41. The van der Waals surface area contributed by atoms with Gasteiger partial charge in [0.2, 0.25) is 0 Å². The van der Waals surface area contributed by atoms with Gasteiger partial charge in [-0.05, 0) is 48.9 Å². The number of carbonyl (C=O) groups excluding carboxylic acids is 2. The Morgan fingerprint density at radius 1 is 1.07 bits per heavy atom. The fraction of sp³-hybridized carbons (Fsp3) is 0.440. The van der Waals surface area contributed by atoms with Gasteiger partial charge in [-0.15, -0.1) is 0 Å². The Morgan fingerprint density at radius 2 is 1.83 bits per heavy atom. The number of carbonyl (C=O) groups is 2. The minimum atomic E-state index is -0.747. The quantitative estimate of drug-likeness (QED) is 0.386. The number of anilines is 1. The van der Waals surface area contributed by atoms with Crippen LogP contribution in [0.4, 0.5) is 5.69 Å². The van der Waals surface area contributed by atoms with Crippen LogP contribution in [0.1, 0.15) is 63.0 Å². The summed E-state index contributed by atoms with van der Waals surface area (Å²) >= 11 is 0. The zero-order chi connectivity index (χ0) is 20.9. The predicted molar refractivity (Wildman–Crippen MR) is 115 cm³/mol. The molecule has 2 N–H and O–H groups in total. The maximum Gasteiger partial charge on any atom is 0.317 e. The molecule has 4 nitrogen and oxygen atoms in total. The number of rotatable bonds is 8. The standard InChI is InChI=1S/C25H31NO3/c1-3-14-25(15-13-18-9-6-5-7-10-18)17-22(27)23(24(28)29-25)21(4-2)19-11-8-12-20(26)16-19/h5-12,16,21,23H,3-4,13-15,17,26H2,1-2H3/t21?,23?,25-/m1/s1. The summed E-state index contributed by atoms with van der Waals surface area (Å²) in [5.74, 6) is -1.33. The van der Waals surface area contributed by atoms with E-state index in [0.717, 1.165) is 18.4 Å². The third-order valence-electron chi connectivity index (χ3n) is 6.01. The van der Waals surface area contributed by atoms with Crippen LogP contribution in [0.5, 0.6) is 0 Å². The van der Waals surface area contributed by atoms with Gasteiger partial charge in [-0.3, -0.25) is 9.59 Å². The van der Waals surface area contributed by atoms with Crippen molar-refractivity contribution in [2.45, 2.75) is 63.9 Å². The fourth-order valence-corrected chi connectivity index (χ4v) is 4.59. The van der Waals surface area contributed by atoms with Gasteiger partial charge >= 0.3 is 5.97 Å². The van der Waals surface area contributed by atoms with E-state index in [2.05, 4.69) is 19.1 Å². The summed E-state index contributed by atoms with van der Waals surface area (Å²) in [5, 5.41) is 0. The van der Waals surface area contributed by atoms with E-state index in [1.807, 2.05) is 49.4 Å². The molecule has 3 atom stereocenters. The second-order valence-corrected chi connectivity index (χ2v) is 8.15. The SMILES string of the molecule is CCC[C@@]1(CCc2ccccc2)CC(=O)C(C(CC)c2cccc(N)c2)C(=O)O1. The van der Waals surface area contributed by atoms with E-state index in [-0.39, 0.29) is 17.7 Å². The van der Waals surface area contributed by atoms with Gasteiger partial charge in [0.1, 0.15) is 11.5 Å². The van der Waals surface area contributed by atoms with E-state index in [4.69, 9.17) is 10.5 Å². The second kappa shape index (κ2) is 9.25. The normalized spacial score (nSPS) is 22.9. The van der Waals surface area contributed by atoms with Gasteiger partial charge in [-0.1, -0.05) is 62.7 Å². The molecule has 2 aromatic rings. The minimum absolute atomic E-state index is 0.00274. The highest BCUT2D eigenvalue weighted by Gasteiger charge is 2.48. The lowest BCUT2D eigenvalue weighted by Crippen LogP contribution is -2.49. The third kappa shape index (κ3) is 4.87. The summed E-state index contributed by atoms with van der Waals surface area (Å²) in [5.41, 5.74) is 7.99. The van der Waals surface area contributed by atoms with Gasteiger partial charge in [0.05, 0.1) is 0 Å². The van der Waals surface area contributed by atoms with Gasteiger partial charge in [0.25, 0.3) is 0 Å².